The molecule has 7 nitrogen and oxygen atoms in total. The van der Waals surface area contributed by atoms with Crippen LogP contribution in [-0.2, 0) is 15.0 Å². The van der Waals surface area contributed by atoms with E-state index >= 15 is 0 Å². The van der Waals surface area contributed by atoms with E-state index in [0.717, 1.165) is 12.8 Å². The highest BCUT2D eigenvalue weighted by Crippen LogP contribution is 2.22. The van der Waals surface area contributed by atoms with Gasteiger partial charge in [0.2, 0.25) is 5.91 Å². The van der Waals surface area contributed by atoms with Crippen molar-refractivity contribution in [3.8, 4) is 0 Å². The summed E-state index contributed by atoms with van der Waals surface area (Å²) < 4.78 is 28.7. The smallest absolute Gasteiger partial charge is 0.282 e. The lowest BCUT2D eigenvalue weighted by Gasteiger charge is -2.38. The normalized spacial score (nSPS) is 21.3. The van der Waals surface area contributed by atoms with Crippen molar-refractivity contribution in [3.63, 3.8) is 0 Å². The predicted octanol–water partition coefficient (Wildman–Crippen LogP) is 1.87. The maximum absolute atomic E-state index is 12.8. The fourth-order valence-electron chi connectivity index (χ4n) is 3.45. The lowest BCUT2D eigenvalue weighted by Crippen LogP contribution is -2.55. The Labute approximate surface area is 166 Å². The predicted molar refractivity (Wildman–Crippen MR) is 107 cm³/mol. The largest absolute Gasteiger partial charge is 0.324 e. The van der Waals surface area contributed by atoms with Crippen molar-refractivity contribution in [2.45, 2.75) is 19.8 Å². The number of nitrogens with one attached hydrogen (secondary N) is 1. The van der Waals surface area contributed by atoms with Crippen molar-refractivity contribution < 1.29 is 13.2 Å². The molecule has 1 N–H and O–H groups in total. The van der Waals surface area contributed by atoms with Crippen LogP contribution < -0.4 is 5.32 Å². The van der Waals surface area contributed by atoms with Crippen LogP contribution in [0.15, 0.2) is 24.3 Å². The fourth-order valence-corrected chi connectivity index (χ4v) is 5.26. The van der Waals surface area contributed by atoms with Gasteiger partial charge >= 0.3 is 0 Å². The molecule has 0 aromatic heterocycles. The molecule has 150 valence electrons. The Morgan fingerprint density at radius 2 is 1.67 bits per heavy atom. The Morgan fingerprint density at radius 3 is 2.30 bits per heavy atom. The number of rotatable bonds is 5. The van der Waals surface area contributed by atoms with Crippen molar-refractivity contribution in [1.29, 1.82) is 0 Å². The molecule has 0 saturated carbocycles. The number of nitrogens with zero attached hydrogens (tertiary/aromatic N) is 3. The fraction of sp³-hybridized carbons (Fsp3) is 0.611. The summed E-state index contributed by atoms with van der Waals surface area (Å²) >= 11 is 6.06. The van der Waals surface area contributed by atoms with E-state index in [4.69, 9.17) is 11.6 Å². The molecule has 1 aromatic rings. The van der Waals surface area contributed by atoms with E-state index < -0.39 is 10.2 Å². The molecule has 0 unspecified atom stereocenters. The topological polar surface area (TPSA) is 73.0 Å². The summed E-state index contributed by atoms with van der Waals surface area (Å²) in [5.41, 5.74) is 0.588. The Hall–Kier alpha value is -1.19. The number of hydrogen-bond acceptors (Lipinski definition) is 4. The summed E-state index contributed by atoms with van der Waals surface area (Å²) in [7, 11) is -3.39. The van der Waals surface area contributed by atoms with Gasteiger partial charge in [-0.2, -0.15) is 17.0 Å². The van der Waals surface area contributed by atoms with Crippen LogP contribution in [0.2, 0.25) is 5.02 Å². The zero-order valence-electron chi connectivity index (χ0n) is 15.6. The number of piperidine rings is 1. The van der Waals surface area contributed by atoms with E-state index in [1.54, 1.807) is 26.8 Å². The minimum Gasteiger partial charge on any atom is -0.324 e. The van der Waals surface area contributed by atoms with E-state index in [9.17, 15) is 13.2 Å². The molecule has 2 fully saturated rings. The van der Waals surface area contributed by atoms with Gasteiger partial charge in [0.05, 0.1) is 17.3 Å². The number of carbonyl (C=O) groups is 1. The molecule has 0 aliphatic carbocycles. The third-order valence-electron chi connectivity index (χ3n) is 5.24. The SMILES string of the molecule is CC1CCN(S(=O)(=O)N2CCN(CC(=O)Nc3ccccc3Cl)CC2)CC1. The summed E-state index contributed by atoms with van der Waals surface area (Å²) in [6.45, 7) is 5.49. The summed E-state index contributed by atoms with van der Waals surface area (Å²) in [6.07, 6.45) is 1.84. The molecular formula is C18H27ClN4O3S. The number of halogens is 1. The molecular weight excluding hydrogens is 388 g/mol. The maximum Gasteiger partial charge on any atom is 0.282 e. The van der Waals surface area contributed by atoms with Crippen molar-refractivity contribution in [1.82, 2.24) is 13.5 Å². The molecule has 2 aliphatic rings. The van der Waals surface area contributed by atoms with Gasteiger partial charge in [-0.25, -0.2) is 0 Å². The number of benzene rings is 1. The van der Waals surface area contributed by atoms with Gasteiger partial charge in [0.15, 0.2) is 0 Å². The van der Waals surface area contributed by atoms with Crippen LogP contribution in [0.4, 0.5) is 5.69 Å². The van der Waals surface area contributed by atoms with Crippen LogP contribution >= 0.6 is 11.6 Å². The summed E-state index contributed by atoms with van der Waals surface area (Å²) in [4.78, 5) is 14.2. The van der Waals surface area contributed by atoms with Gasteiger partial charge in [0, 0.05) is 39.3 Å². The highest BCUT2D eigenvalue weighted by atomic mass is 35.5. The van der Waals surface area contributed by atoms with Gasteiger partial charge in [-0.1, -0.05) is 30.7 Å². The molecule has 2 saturated heterocycles. The number of piperazine rings is 1. The summed E-state index contributed by atoms with van der Waals surface area (Å²) in [5.74, 6) is 0.439. The van der Waals surface area contributed by atoms with Gasteiger partial charge in [-0.05, 0) is 30.9 Å². The lowest BCUT2D eigenvalue weighted by atomic mass is 10.0. The molecule has 0 spiro atoms. The molecule has 1 aromatic carbocycles. The summed E-state index contributed by atoms with van der Waals surface area (Å²) in [5, 5.41) is 3.30. The van der Waals surface area contributed by atoms with E-state index in [-0.39, 0.29) is 12.5 Å². The van der Waals surface area contributed by atoms with Crippen molar-refractivity contribution in [2.24, 2.45) is 5.92 Å². The van der Waals surface area contributed by atoms with E-state index in [1.165, 1.54) is 0 Å². The van der Waals surface area contributed by atoms with Crippen LogP contribution in [0.5, 0.6) is 0 Å². The molecule has 2 aliphatic heterocycles. The first-order valence-electron chi connectivity index (χ1n) is 9.38. The van der Waals surface area contributed by atoms with Gasteiger partial charge in [0.1, 0.15) is 0 Å². The second-order valence-corrected chi connectivity index (χ2v) is 9.63. The van der Waals surface area contributed by atoms with Gasteiger partial charge in [-0.3, -0.25) is 9.69 Å². The highest BCUT2D eigenvalue weighted by Gasteiger charge is 2.34. The van der Waals surface area contributed by atoms with Crippen LogP contribution in [0.1, 0.15) is 19.8 Å². The maximum atomic E-state index is 12.8. The first kappa shape index (κ1) is 20.5. The highest BCUT2D eigenvalue weighted by molar-refractivity contribution is 7.86. The second-order valence-electron chi connectivity index (χ2n) is 7.29. The molecule has 27 heavy (non-hydrogen) atoms. The first-order valence-corrected chi connectivity index (χ1v) is 11.2. The van der Waals surface area contributed by atoms with Crippen LogP contribution in [0.25, 0.3) is 0 Å². The number of hydrogen-bond donors (Lipinski definition) is 1. The number of para-hydroxylation sites is 1. The Bertz CT molecular complexity index is 758. The molecule has 0 radical (unpaired) electrons. The third kappa shape index (κ3) is 5.20. The van der Waals surface area contributed by atoms with Gasteiger partial charge < -0.3 is 5.32 Å². The molecule has 2 heterocycles. The average molecular weight is 415 g/mol. The lowest BCUT2D eigenvalue weighted by molar-refractivity contribution is -0.117. The van der Waals surface area contributed by atoms with Crippen LogP contribution in [0.3, 0.4) is 0 Å². The molecule has 9 heteroatoms. The van der Waals surface area contributed by atoms with Gasteiger partial charge in [-0.15, -0.1) is 0 Å². The quantitative estimate of drug-likeness (QED) is 0.798. The first-order chi connectivity index (χ1) is 12.9. The van der Waals surface area contributed by atoms with Gasteiger partial charge in [0.25, 0.3) is 10.2 Å². The van der Waals surface area contributed by atoms with Crippen molar-refractivity contribution >= 4 is 33.4 Å². The Morgan fingerprint density at radius 1 is 1.07 bits per heavy atom. The Balaban J connectivity index is 1.48. The second kappa shape index (κ2) is 8.87. The number of carbonyl (C=O) groups excluding carboxylic acids is 1. The molecule has 3 rings (SSSR count). The molecule has 0 bridgehead atoms. The third-order valence-corrected chi connectivity index (χ3v) is 7.61. The Kier molecular flexibility index (Phi) is 6.75. The van der Waals surface area contributed by atoms with Crippen LogP contribution in [0, 0.1) is 5.92 Å². The average Bonchev–Trinajstić information content (AvgIpc) is 2.64. The molecule has 1 amide bonds. The zero-order valence-corrected chi connectivity index (χ0v) is 17.2. The molecule has 0 atom stereocenters. The van der Waals surface area contributed by atoms with Crippen molar-refractivity contribution in [3.05, 3.63) is 29.3 Å². The van der Waals surface area contributed by atoms with E-state index in [2.05, 4.69) is 12.2 Å². The minimum atomic E-state index is -3.39. The number of anilines is 1. The van der Waals surface area contributed by atoms with Crippen LogP contribution in [-0.4, -0.2) is 73.6 Å². The minimum absolute atomic E-state index is 0.149. The standard InChI is InChI=1S/C18H27ClN4O3S/c1-15-6-8-22(9-7-15)27(25,26)23-12-10-21(11-13-23)14-18(24)20-17-5-3-2-4-16(17)19/h2-5,15H,6-14H2,1H3,(H,20,24). The van der Waals surface area contributed by atoms with E-state index in [1.807, 2.05) is 11.0 Å². The van der Waals surface area contributed by atoms with E-state index in [0.29, 0.717) is 55.9 Å². The monoisotopic (exact) mass is 414 g/mol. The van der Waals surface area contributed by atoms with Crippen molar-refractivity contribution in [2.75, 3.05) is 51.1 Å². The zero-order chi connectivity index (χ0) is 19.4. The summed E-state index contributed by atoms with van der Waals surface area (Å²) in [6, 6.07) is 7.10. The number of amides is 1.